The molecular weight excluding hydrogens is 384 g/mol. The molecule has 2 heterocycles. The number of aromatic nitrogens is 2. The molecule has 0 bridgehead atoms. The van der Waals surface area contributed by atoms with E-state index in [2.05, 4.69) is 0 Å². The minimum atomic E-state index is -4.96. The average Bonchev–Trinajstić information content (AvgIpc) is 3.21. The topological polar surface area (TPSA) is 98.6 Å². The van der Waals surface area contributed by atoms with Crippen LogP contribution in [0.5, 0.6) is 0 Å². The lowest BCUT2D eigenvalue weighted by Crippen LogP contribution is -2.36. The Morgan fingerprint density at radius 2 is 1.92 bits per heavy atom. The molecule has 0 amide bonds. The molecular formula is C12H19F2N3O6S2+2. The summed E-state index contributed by atoms with van der Waals surface area (Å²) in [5.74, 6) is 0. The highest BCUT2D eigenvalue weighted by Crippen LogP contribution is 2.15. The fourth-order valence-electron chi connectivity index (χ4n) is 2.15. The van der Waals surface area contributed by atoms with E-state index in [1.165, 1.54) is 0 Å². The Hall–Kier alpha value is -1.76. The van der Waals surface area contributed by atoms with E-state index in [0.717, 1.165) is 6.54 Å². The van der Waals surface area contributed by atoms with Gasteiger partial charge in [0.05, 0.1) is 16.5 Å². The molecule has 1 aliphatic rings. The monoisotopic (exact) mass is 403 g/mol. The van der Waals surface area contributed by atoms with E-state index in [9.17, 15) is 25.6 Å². The summed E-state index contributed by atoms with van der Waals surface area (Å²) in [7, 11) is -9.92. The normalized spacial score (nSPS) is 18.0. The van der Waals surface area contributed by atoms with Crippen LogP contribution in [-0.4, -0.2) is 55.6 Å². The number of aryl methyl sites for hydroxylation is 2. The van der Waals surface area contributed by atoms with Gasteiger partial charge < -0.3 is 9.47 Å². The zero-order valence-electron chi connectivity index (χ0n) is 13.4. The maximum Gasteiger partial charge on any atom is 0.585 e. The van der Waals surface area contributed by atoms with Crippen LogP contribution >= 0.6 is 0 Å². The highest BCUT2D eigenvalue weighted by atomic mass is 32.3. The summed E-state index contributed by atoms with van der Waals surface area (Å²) in [5.41, 5.74) is 0. The number of rotatable bonds is 8. The molecule has 13 heteroatoms. The van der Waals surface area contributed by atoms with Gasteiger partial charge in [-0.05, 0) is 6.92 Å². The Morgan fingerprint density at radius 1 is 1.28 bits per heavy atom. The van der Waals surface area contributed by atoms with Crippen molar-refractivity contribution in [3.8, 4) is 0 Å². The summed E-state index contributed by atoms with van der Waals surface area (Å²) < 4.78 is 85.4. The molecule has 1 unspecified atom stereocenters. The van der Waals surface area contributed by atoms with Gasteiger partial charge in [-0.1, -0.05) is 0 Å². The maximum atomic E-state index is 12.7. The Morgan fingerprint density at radius 3 is 2.44 bits per heavy atom. The third-order valence-electron chi connectivity index (χ3n) is 3.41. The van der Waals surface area contributed by atoms with Gasteiger partial charge >= 0.3 is 26.1 Å². The Kier molecular flexibility index (Phi) is 5.98. The number of nitrogens with zero attached hydrogens (tertiary/aromatic N) is 3. The molecule has 0 radical (unpaired) electrons. The van der Waals surface area contributed by atoms with Crippen LogP contribution in [0.2, 0.25) is 0 Å². The van der Waals surface area contributed by atoms with E-state index in [1.54, 1.807) is 0 Å². The van der Waals surface area contributed by atoms with Crippen LogP contribution in [0.4, 0.5) is 8.78 Å². The minimum absolute atomic E-state index is 0.134. The molecule has 0 spiro atoms. The molecule has 0 saturated carbocycles. The minimum Gasteiger partial charge on any atom is -0.409 e. The van der Waals surface area contributed by atoms with Gasteiger partial charge in [0.15, 0.2) is 0 Å². The van der Waals surface area contributed by atoms with Crippen LogP contribution in [0.25, 0.3) is 0 Å². The predicted molar refractivity (Wildman–Crippen MR) is 80.8 cm³/mol. The first-order valence-electron chi connectivity index (χ1n) is 7.32. The van der Waals surface area contributed by atoms with Crippen molar-refractivity contribution in [1.29, 1.82) is 0 Å². The largest absolute Gasteiger partial charge is 0.585 e. The average molecular weight is 403 g/mol. The van der Waals surface area contributed by atoms with E-state index in [-0.39, 0.29) is 6.61 Å². The maximum absolute atomic E-state index is 12.7. The molecule has 1 saturated heterocycles. The number of hydrogen-bond acceptors (Lipinski definition) is 6. The lowest BCUT2D eigenvalue weighted by Gasteiger charge is -2.04. The molecule has 1 aliphatic heterocycles. The Labute approximate surface area is 144 Å². The number of imidazole rings is 1. The van der Waals surface area contributed by atoms with Crippen molar-refractivity contribution >= 4 is 26.1 Å². The Bertz CT molecular complexity index is 814. The van der Waals surface area contributed by atoms with Crippen molar-refractivity contribution < 1.29 is 43.0 Å². The number of sulfonamides is 2. The Balaban J connectivity index is 2.16. The van der Waals surface area contributed by atoms with Gasteiger partial charge in [0.2, 0.25) is 6.33 Å². The zero-order valence-corrected chi connectivity index (χ0v) is 15.0. The summed E-state index contributed by atoms with van der Waals surface area (Å²) in [6.07, 6.45) is 4.33. The number of halogens is 2. The SMILES string of the molecule is CCn1cc[n+](CCC2COC(=[N+](S(=O)(=O)CF)S(=O)(=O)CF)O2)c1. The predicted octanol–water partition coefficient (Wildman–Crippen LogP) is -0.517. The van der Waals surface area contributed by atoms with Gasteiger partial charge in [-0.15, -0.1) is 0 Å². The number of ether oxygens (including phenoxy) is 2. The van der Waals surface area contributed by atoms with Crippen LogP contribution in [0.15, 0.2) is 18.7 Å². The van der Waals surface area contributed by atoms with Gasteiger partial charge in [0.25, 0.3) is 12.0 Å². The first-order valence-corrected chi connectivity index (χ1v) is 10.5. The first-order chi connectivity index (χ1) is 11.7. The van der Waals surface area contributed by atoms with Gasteiger partial charge in [-0.3, -0.25) is 0 Å². The number of alkyl halides is 2. The second-order valence-corrected chi connectivity index (χ2v) is 8.95. The number of hydrogen-bond donors (Lipinski definition) is 0. The molecule has 0 aromatic carbocycles. The quantitative estimate of drug-likeness (QED) is 0.542. The third-order valence-corrected chi connectivity index (χ3v) is 6.63. The summed E-state index contributed by atoms with van der Waals surface area (Å²) in [5, 5.41) is 0. The van der Waals surface area contributed by atoms with Crippen molar-refractivity contribution in [1.82, 2.24) is 4.57 Å². The molecule has 1 aromatic rings. The van der Waals surface area contributed by atoms with Crippen LogP contribution in [0.1, 0.15) is 13.3 Å². The van der Waals surface area contributed by atoms with Crippen molar-refractivity contribution in [2.24, 2.45) is 0 Å². The van der Waals surface area contributed by atoms with Gasteiger partial charge in [0.1, 0.15) is 25.1 Å². The summed E-state index contributed by atoms with van der Waals surface area (Å²) in [6.45, 7) is 3.14. The van der Waals surface area contributed by atoms with Crippen molar-refractivity contribution in [3.63, 3.8) is 0 Å². The second kappa shape index (κ2) is 7.64. The smallest absolute Gasteiger partial charge is 0.409 e. The highest BCUT2D eigenvalue weighted by Gasteiger charge is 2.47. The lowest BCUT2D eigenvalue weighted by atomic mass is 10.3. The molecule has 2 rings (SSSR count). The molecule has 0 N–H and O–H groups in total. The molecule has 25 heavy (non-hydrogen) atoms. The van der Waals surface area contributed by atoms with Crippen LogP contribution < -0.4 is 4.57 Å². The summed E-state index contributed by atoms with van der Waals surface area (Å²) in [6, 6.07) is -4.07. The fourth-order valence-corrected chi connectivity index (χ4v) is 4.60. The summed E-state index contributed by atoms with van der Waals surface area (Å²) >= 11 is 0. The molecule has 0 aliphatic carbocycles. The molecule has 9 nitrogen and oxygen atoms in total. The zero-order chi connectivity index (χ0) is 18.7. The van der Waals surface area contributed by atoms with Gasteiger partial charge in [0, 0.05) is 6.42 Å². The molecule has 142 valence electrons. The fraction of sp³-hybridized carbons (Fsp3) is 0.667. The molecule has 1 fully saturated rings. The van der Waals surface area contributed by atoms with Crippen molar-refractivity contribution in [2.75, 3.05) is 18.6 Å². The third kappa shape index (κ3) is 4.45. The lowest BCUT2D eigenvalue weighted by molar-refractivity contribution is -0.697. The van der Waals surface area contributed by atoms with Crippen LogP contribution in [0.3, 0.4) is 0 Å². The van der Waals surface area contributed by atoms with E-state index in [4.69, 9.17) is 9.47 Å². The van der Waals surface area contributed by atoms with Gasteiger partial charge in [-0.25, -0.2) is 17.9 Å². The van der Waals surface area contributed by atoms with E-state index in [0.29, 0.717) is 13.0 Å². The first kappa shape index (κ1) is 19.6. The second-order valence-electron chi connectivity index (χ2n) is 5.23. The molecule has 1 atom stereocenters. The van der Waals surface area contributed by atoms with E-state index in [1.807, 2.05) is 34.8 Å². The summed E-state index contributed by atoms with van der Waals surface area (Å²) in [4.78, 5) is 0. The van der Waals surface area contributed by atoms with Crippen LogP contribution in [0, 0.1) is 0 Å². The van der Waals surface area contributed by atoms with Crippen LogP contribution in [-0.2, 0) is 42.6 Å². The van der Waals surface area contributed by atoms with Crippen molar-refractivity contribution in [2.45, 2.75) is 32.5 Å². The van der Waals surface area contributed by atoms with Crippen molar-refractivity contribution in [3.05, 3.63) is 18.7 Å². The van der Waals surface area contributed by atoms with Gasteiger partial charge in [-0.2, -0.15) is 16.8 Å². The van der Waals surface area contributed by atoms with E-state index < -0.39 is 47.6 Å². The highest BCUT2D eigenvalue weighted by molar-refractivity contribution is 7.97. The molecule has 1 aromatic heterocycles. The standard InChI is InChI=1S/C12H19F2N3O6S2/c1-2-15-5-6-16(10-15)4-3-11-7-22-12(23-11)17(24(18,19)8-13)25(20,21)9-14/h5-6,10-11H,2-4,7-9H2,1H3/q+2. The van der Waals surface area contributed by atoms with E-state index >= 15 is 0 Å².